The van der Waals surface area contributed by atoms with E-state index >= 15 is 0 Å². The summed E-state index contributed by atoms with van der Waals surface area (Å²) in [5.74, 6) is -1.47. The normalized spacial score (nSPS) is 10.7. The molecule has 2 aromatic rings. The van der Waals surface area contributed by atoms with Crippen molar-refractivity contribution in [3.8, 4) is 11.5 Å². The molecule has 2 rings (SSSR count). The monoisotopic (exact) mass is 641 g/mol. The molecule has 2 unspecified atom stereocenters. The first-order valence-corrected chi connectivity index (χ1v) is 10.6. The van der Waals surface area contributed by atoms with Crippen LogP contribution in [-0.2, 0) is 49.1 Å². The van der Waals surface area contributed by atoms with E-state index in [9.17, 15) is 29.3 Å². The van der Waals surface area contributed by atoms with Crippen LogP contribution in [0.4, 0.5) is 11.4 Å². The molecule has 0 fully saturated rings. The third kappa shape index (κ3) is 14.1. The third-order valence-electron chi connectivity index (χ3n) is 4.31. The van der Waals surface area contributed by atoms with Crippen molar-refractivity contribution in [2.75, 3.05) is 5.73 Å². The number of carbonyl (C=O) groups is 4. The number of nitro benzene ring substituents is 1. The Bertz CT molecular complexity index is 1150. The van der Waals surface area contributed by atoms with Gasteiger partial charge in [0.05, 0.1) is 4.92 Å². The standard InChI is InChI=1S/C12H13NO6.C12H15NO4.CH4.CH3.Pd/c1-7(18-8(2)14)11-6-10(13(16)17)4-5-12(11)19-9(3)15;1-7(16-8(2)14)11-6-10(13)4-5-12(11)17-9(3)15;;;/h4-7H,1-3H3;4-7H,13H2,1-3H3;1H4;1H3;/q;;;-1;. The number of benzene rings is 2. The molecule has 0 bridgehead atoms. The number of anilines is 1. The van der Waals surface area contributed by atoms with Gasteiger partial charge in [0.25, 0.3) is 5.69 Å². The van der Waals surface area contributed by atoms with Crippen LogP contribution in [0.1, 0.15) is 72.3 Å². The fourth-order valence-electron chi connectivity index (χ4n) is 2.97. The summed E-state index contributed by atoms with van der Waals surface area (Å²) >= 11 is 0. The molecule has 0 aliphatic carbocycles. The Hall–Kier alpha value is -3.82. The van der Waals surface area contributed by atoms with Crippen molar-refractivity contribution in [2.45, 2.75) is 61.2 Å². The molecule has 0 spiro atoms. The second-order valence-corrected chi connectivity index (χ2v) is 7.47. The molecule has 2 aromatic carbocycles. The zero-order valence-corrected chi connectivity index (χ0v) is 23.6. The molecule has 39 heavy (non-hydrogen) atoms. The molecular formula is C26H35N2O10Pd-. The van der Waals surface area contributed by atoms with Gasteiger partial charge in [-0.2, -0.15) is 0 Å². The number of ether oxygens (including phenoxy) is 4. The van der Waals surface area contributed by atoms with Crippen LogP contribution in [0.25, 0.3) is 0 Å². The molecule has 0 aliphatic rings. The molecule has 0 aliphatic heterocycles. The van der Waals surface area contributed by atoms with Crippen molar-refractivity contribution in [3.63, 3.8) is 0 Å². The Labute approximate surface area is 241 Å². The number of nitrogens with two attached hydrogens (primary N) is 1. The van der Waals surface area contributed by atoms with E-state index in [1.807, 2.05) is 0 Å². The first-order chi connectivity index (χ1) is 16.7. The predicted octanol–water partition coefficient (Wildman–Crippen LogP) is 5.05. The molecule has 2 N–H and O–H groups in total. The zero-order chi connectivity index (χ0) is 27.6. The zero-order valence-electron chi connectivity index (χ0n) is 22.0. The largest absolute Gasteiger partial charge is 0.458 e. The van der Waals surface area contributed by atoms with E-state index in [1.165, 1.54) is 52.8 Å². The van der Waals surface area contributed by atoms with Gasteiger partial charge in [0, 0.05) is 77.1 Å². The van der Waals surface area contributed by atoms with E-state index in [1.54, 1.807) is 25.1 Å². The summed E-state index contributed by atoms with van der Waals surface area (Å²) in [7, 11) is 0. The minimum atomic E-state index is -0.758. The maximum Gasteiger partial charge on any atom is 0.308 e. The number of nitrogens with zero attached hydrogens (tertiary/aromatic N) is 1. The second-order valence-electron chi connectivity index (χ2n) is 7.47. The Morgan fingerprint density at radius 2 is 1.15 bits per heavy atom. The Balaban J connectivity index is -0.000000620. The van der Waals surface area contributed by atoms with E-state index in [4.69, 9.17) is 24.7 Å². The van der Waals surface area contributed by atoms with Crippen LogP contribution in [0.2, 0.25) is 0 Å². The number of nitro groups is 1. The SMILES string of the molecule is C.CC(=O)Oc1ccc(N)cc1C(C)OC(C)=O.CC(=O)Oc1ccc([N+](=O)[O-])cc1C(C)OC(C)=O.[CH3-].[Pd]. The number of non-ortho nitro benzene ring substituents is 1. The molecule has 0 saturated heterocycles. The maximum absolute atomic E-state index is 11.0. The Morgan fingerprint density at radius 3 is 1.51 bits per heavy atom. The van der Waals surface area contributed by atoms with Gasteiger partial charge in [-0.25, -0.2) is 0 Å². The molecule has 0 saturated carbocycles. The summed E-state index contributed by atoms with van der Waals surface area (Å²) in [4.78, 5) is 53.8. The number of nitrogen functional groups attached to an aromatic ring is 1. The van der Waals surface area contributed by atoms with Crippen LogP contribution in [0.15, 0.2) is 36.4 Å². The second kappa shape index (κ2) is 18.4. The van der Waals surface area contributed by atoms with Crippen LogP contribution < -0.4 is 15.2 Å². The summed E-state index contributed by atoms with van der Waals surface area (Å²) in [6, 6.07) is 8.53. The molecule has 0 heterocycles. The van der Waals surface area contributed by atoms with Gasteiger partial charge in [0.15, 0.2) is 0 Å². The number of hydrogen-bond acceptors (Lipinski definition) is 11. The molecule has 0 amide bonds. The summed E-state index contributed by atoms with van der Waals surface area (Å²) in [5.41, 5.74) is 6.81. The van der Waals surface area contributed by atoms with Crippen LogP contribution in [0, 0.1) is 17.5 Å². The van der Waals surface area contributed by atoms with Crippen LogP contribution in [0.3, 0.4) is 0 Å². The van der Waals surface area contributed by atoms with Crippen LogP contribution >= 0.6 is 0 Å². The Kier molecular flexibility index (Phi) is 18.8. The summed E-state index contributed by atoms with van der Waals surface area (Å²) < 4.78 is 19.9. The average Bonchev–Trinajstić information content (AvgIpc) is 2.73. The molecule has 13 heteroatoms. The number of esters is 4. The molecule has 12 nitrogen and oxygen atoms in total. The number of hydrogen-bond donors (Lipinski definition) is 1. The van der Waals surface area contributed by atoms with Crippen molar-refractivity contribution in [1.82, 2.24) is 0 Å². The van der Waals surface area contributed by atoms with Crippen molar-refractivity contribution in [3.05, 3.63) is 65.1 Å². The number of rotatable bonds is 7. The van der Waals surface area contributed by atoms with E-state index in [-0.39, 0.29) is 52.3 Å². The first kappa shape index (κ1) is 39.7. The van der Waals surface area contributed by atoms with Gasteiger partial charge in [0.2, 0.25) is 0 Å². The molecule has 0 radical (unpaired) electrons. The minimum absolute atomic E-state index is 0. The average molecular weight is 642 g/mol. The predicted molar refractivity (Wildman–Crippen MR) is 140 cm³/mol. The first-order valence-electron chi connectivity index (χ1n) is 10.6. The topological polar surface area (TPSA) is 174 Å². The molecule has 2 atom stereocenters. The van der Waals surface area contributed by atoms with Gasteiger partial charge in [-0.05, 0) is 38.1 Å². The molecule has 0 aromatic heterocycles. The van der Waals surface area contributed by atoms with Gasteiger partial charge in [-0.3, -0.25) is 29.3 Å². The van der Waals surface area contributed by atoms with Gasteiger partial charge in [0.1, 0.15) is 23.7 Å². The van der Waals surface area contributed by atoms with Gasteiger partial charge in [-0.1, -0.05) is 7.43 Å². The molecule has 220 valence electrons. The van der Waals surface area contributed by atoms with E-state index < -0.39 is 41.0 Å². The minimum Gasteiger partial charge on any atom is -0.458 e. The summed E-state index contributed by atoms with van der Waals surface area (Å²) in [5, 5.41) is 10.7. The fourth-order valence-corrected chi connectivity index (χ4v) is 2.97. The van der Waals surface area contributed by atoms with Crippen molar-refractivity contribution >= 4 is 35.3 Å². The third-order valence-corrected chi connectivity index (χ3v) is 4.31. The van der Waals surface area contributed by atoms with Crippen molar-refractivity contribution in [2.24, 2.45) is 0 Å². The van der Waals surface area contributed by atoms with Crippen molar-refractivity contribution < 1.29 is 63.5 Å². The van der Waals surface area contributed by atoms with Crippen molar-refractivity contribution in [1.29, 1.82) is 0 Å². The summed E-state index contributed by atoms with van der Waals surface area (Å²) in [6.45, 7) is 8.27. The quantitative estimate of drug-likeness (QED) is 0.0815. The van der Waals surface area contributed by atoms with Gasteiger partial charge < -0.3 is 32.1 Å². The van der Waals surface area contributed by atoms with E-state index in [2.05, 4.69) is 0 Å². The van der Waals surface area contributed by atoms with E-state index in [0.29, 0.717) is 17.0 Å². The Morgan fingerprint density at radius 1 is 0.769 bits per heavy atom. The van der Waals surface area contributed by atoms with E-state index in [0.717, 1.165) is 0 Å². The van der Waals surface area contributed by atoms with Crippen LogP contribution in [0.5, 0.6) is 11.5 Å². The summed E-state index contributed by atoms with van der Waals surface area (Å²) in [6.07, 6.45) is -1.28. The van der Waals surface area contributed by atoms with Gasteiger partial charge in [-0.15, -0.1) is 0 Å². The molecular weight excluding hydrogens is 607 g/mol. The fraction of sp³-hybridized carbons (Fsp3) is 0.346. The maximum atomic E-state index is 11.0. The smallest absolute Gasteiger partial charge is 0.308 e. The van der Waals surface area contributed by atoms with Gasteiger partial charge >= 0.3 is 23.9 Å². The van der Waals surface area contributed by atoms with Crippen LogP contribution in [-0.4, -0.2) is 28.8 Å². The number of carbonyl (C=O) groups excluding carboxylic acids is 4.